The predicted molar refractivity (Wildman–Crippen MR) is 92.2 cm³/mol. The SMILES string of the molecule is CCOc1cccc(/C=C/C(=O)c2ccc(OC)c(OC)c2)c1O. The van der Waals surface area contributed by atoms with E-state index in [0.29, 0.717) is 35.0 Å². The number of carbonyl (C=O) groups excluding carboxylic acids is 1. The summed E-state index contributed by atoms with van der Waals surface area (Å²) in [6, 6.07) is 10.1. The molecule has 5 nitrogen and oxygen atoms in total. The van der Waals surface area contributed by atoms with Crippen LogP contribution in [-0.4, -0.2) is 31.7 Å². The summed E-state index contributed by atoms with van der Waals surface area (Å²) in [6.07, 6.45) is 2.95. The number of allylic oxidation sites excluding steroid dienone is 1. The quantitative estimate of drug-likeness (QED) is 0.620. The number of methoxy groups -OCH3 is 2. The maximum atomic E-state index is 12.3. The number of rotatable bonds is 7. The summed E-state index contributed by atoms with van der Waals surface area (Å²) in [5, 5.41) is 10.1. The fraction of sp³-hybridized carbons (Fsp3) is 0.211. The van der Waals surface area contributed by atoms with Gasteiger partial charge in [-0.15, -0.1) is 0 Å². The van der Waals surface area contributed by atoms with Crippen LogP contribution in [0.3, 0.4) is 0 Å². The second-order valence-corrected chi connectivity index (χ2v) is 4.89. The lowest BCUT2D eigenvalue weighted by Gasteiger charge is -2.08. The topological polar surface area (TPSA) is 65.0 Å². The summed E-state index contributed by atoms with van der Waals surface area (Å²) in [7, 11) is 3.05. The first-order valence-electron chi connectivity index (χ1n) is 7.50. The molecule has 2 rings (SSSR count). The molecule has 0 aliphatic heterocycles. The minimum absolute atomic E-state index is 0.00992. The standard InChI is InChI=1S/C19H20O5/c1-4-24-17-7-5-6-13(19(17)21)8-10-15(20)14-9-11-16(22-2)18(12-14)23-3/h5-12,21H,4H2,1-3H3/b10-8+. The van der Waals surface area contributed by atoms with Crippen molar-refractivity contribution in [1.29, 1.82) is 0 Å². The summed E-state index contributed by atoms with van der Waals surface area (Å²) in [4.78, 5) is 12.3. The number of carbonyl (C=O) groups is 1. The van der Waals surface area contributed by atoms with E-state index < -0.39 is 0 Å². The zero-order chi connectivity index (χ0) is 17.5. The molecule has 0 aliphatic rings. The minimum Gasteiger partial charge on any atom is -0.504 e. The van der Waals surface area contributed by atoms with E-state index in [4.69, 9.17) is 14.2 Å². The number of phenols is 1. The van der Waals surface area contributed by atoms with Gasteiger partial charge in [0.1, 0.15) is 0 Å². The van der Waals surface area contributed by atoms with Gasteiger partial charge in [-0.05, 0) is 43.3 Å². The number of hydrogen-bond acceptors (Lipinski definition) is 5. The van der Waals surface area contributed by atoms with Crippen molar-refractivity contribution < 1.29 is 24.1 Å². The third kappa shape index (κ3) is 3.87. The number of benzene rings is 2. The van der Waals surface area contributed by atoms with Crippen LogP contribution in [0, 0.1) is 0 Å². The van der Waals surface area contributed by atoms with Gasteiger partial charge in [-0.25, -0.2) is 0 Å². The Kier molecular flexibility index (Phi) is 5.84. The molecule has 0 aromatic heterocycles. The van der Waals surface area contributed by atoms with Gasteiger partial charge in [0.25, 0.3) is 0 Å². The van der Waals surface area contributed by atoms with Crippen molar-refractivity contribution in [3.8, 4) is 23.0 Å². The summed E-state index contributed by atoms with van der Waals surface area (Å²) < 4.78 is 15.7. The highest BCUT2D eigenvalue weighted by molar-refractivity contribution is 6.07. The Morgan fingerprint density at radius 1 is 1.08 bits per heavy atom. The molecule has 126 valence electrons. The van der Waals surface area contributed by atoms with Crippen molar-refractivity contribution in [3.05, 3.63) is 53.6 Å². The van der Waals surface area contributed by atoms with Gasteiger partial charge in [-0.1, -0.05) is 12.1 Å². The van der Waals surface area contributed by atoms with Gasteiger partial charge in [0.2, 0.25) is 0 Å². The van der Waals surface area contributed by atoms with E-state index in [9.17, 15) is 9.90 Å². The Labute approximate surface area is 141 Å². The van der Waals surface area contributed by atoms with Crippen molar-refractivity contribution in [3.63, 3.8) is 0 Å². The fourth-order valence-electron chi connectivity index (χ4n) is 2.20. The molecule has 0 amide bonds. The maximum absolute atomic E-state index is 12.3. The monoisotopic (exact) mass is 328 g/mol. The van der Waals surface area contributed by atoms with E-state index >= 15 is 0 Å². The number of ether oxygens (including phenoxy) is 3. The van der Waals surface area contributed by atoms with Gasteiger partial charge in [0.05, 0.1) is 20.8 Å². The van der Waals surface area contributed by atoms with Crippen molar-refractivity contribution in [2.45, 2.75) is 6.92 Å². The molecule has 1 N–H and O–H groups in total. The molecule has 0 aliphatic carbocycles. The molecule has 0 unspecified atom stereocenters. The van der Waals surface area contributed by atoms with E-state index in [2.05, 4.69) is 0 Å². The number of para-hydroxylation sites is 1. The molecular weight excluding hydrogens is 308 g/mol. The van der Waals surface area contributed by atoms with E-state index in [1.165, 1.54) is 20.3 Å². The van der Waals surface area contributed by atoms with Gasteiger partial charge in [-0.3, -0.25) is 4.79 Å². The Bertz CT molecular complexity index is 749. The molecule has 0 fully saturated rings. The third-order valence-electron chi connectivity index (χ3n) is 3.41. The Morgan fingerprint density at radius 3 is 2.50 bits per heavy atom. The number of hydrogen-bond donors (Lipinski definition) is 1. The first-order chi connectivity index (χ1) is 11.6. The van der Waals surface area contributed by atoms with Crippen LogP contribution in [0.5, 0.6) is 23.0 Å². The van der Waals surface area contributed by atoms with Gasteiger partial charge < -0.3 is 19.3 Å². The Hall–Kier alpha value is -2.95. The van der Waals surface area contributed by atoms with Crippen LogP contribution in [0.15, 0.2) is 42.5 Å². The molecule has 0 heterocycles. The highest BCUT2D eigenvalue weighted by Crippen LogP contribution is 2.31. The molecule has 0 saturated heterocycles. The van der Waals surface area contributed by atoms with Crippen molar-refractivity contribution in [1.82, 2.24) is 0 Å². The Balaban J connectivity index is 2.23. The predicted octanol–water partition coefficient (Wildman–Crippen LogP) is 3.70. The largest absolute Gasteiger partial charge is 0.504 e. The first-order valence-corrected chi connectivity index (χ1v) is 7.50. The number of phenolic OH excluding ortho intramolecular Hbond substituents is 1. The molecular formula is C19H20O5. The highest BCUT2D eigenvalue weighted by Gasteiger charge is 2.10. The zero-order valence-corrected chi connectivity index (χ0v) is 13.9. The first kappa shape index (κ1) is 17.4. The lowest BCUT2D eigenvalue weighted by atomic mass is 10.1. The molecule has 0 bridgehead atoms. The van der Waals surface area contributed by atoms with Crippen LogP contribution in [0.4, 0.5) is 0 Å². The van der Waals surface area contributed by atoms with E-state index in [1.54, 1.807) is 42.5 Å². The summed E-state index contributed by atoms with van der Waals surface area (Å²) in [5.41, 5.74) is 0.971. The lowest BCUT2D eigenvalue weighted by Crippen LogP contribution is -1.97. The normalized spacial score (nSPS) is 10.6. The summed E-state index contributed by atoms with van der Waals surface area (Å²) >= 11 is 0. The molecule has 0 spiro atoms. The van der Waals surface area contributed by atoms with Crippen LogP contribution in [0.1, 0.15) is 22.8 Å². The smallest absolute Gasteiger partial charge is 0.185 e. The number of aromatic hydroxyl groups is 1. The fourth-order valence-corrected chi connectivity index (χ4v) is 2.20. The molecule has 2 aromatic rings. The zero-order valence-electron chi connectivity index (χ0n) is 13.9. The van der Waals surface area contributed by atoms with E-state index in [0.717, 1.165) is 0 Å². The average Bonchev–Trinajstić information content (AvgIpc) is 2.61. The summed E-state index contributed by atoms with van der Waals surface area (Å²) in [6.45, 7) is 2.29. The molecule has 0 atom stereocenters. The van der Waals surface area contributed by atoms with Crippen LogP contribution in [0.2, 0.25) is 0 Å². The second kappa shape index (κ2) is 8.06. The molecule has 0 radical (unpaired) electrons. The van der Waals surface area contributed by atoms with Crippen LogP contribution in [-0.2, 0) is 0 Å². The van der Waals surface area contributed by atoms with Gasteiger partial charge in [-0.2, -0.15) is 0 Å². The maximum Gasteiger partial charge on any atom is 0.185 e. The van der Waals surface area contributed by atoms with Crippen LogP contribution in [0.25, 0.3) is 6.08 Å². The second-order valence-electron chi connectivity index (χ2n) is 4.89. The molecule has 2 aromatic carbocycles. The van der Waals surface area contributed by atoms with Gasteiger partial charge in [0.15, 0.2) is 28.8 Å². The van der Waals surface area contributed by atoms with Crippen LogP contribution < -0.4 is 14.2 Å². The summed E-state index contributed by atoms with van der Waals surface area (Å²) in [5.74, 6) is 1.23. The van der Waals surface area contributed by atoms with Gasteiger partial charge in [0, 0.05) is 11.1 Å². The van der Waals surface area contributed by atoms with Crippen LogP contribution >= 0.6 is 0 Å². The highest BCUT2D eigenvalue weighted by atomic mass is 16.5. The third-order valence-corrected chi connectivity index (χ3v) is 3.41. The van der Waals surface area contributed by atoms with Crippen molar-refractivity contribution in [2.24, 2.45) is 0 Å². The lowest BCUT2D eigenvalue weighted by molar-refractivity contribution is 0.104. The van der Waals surface area contributed by atoms with Crippen molar-refractivity contribution >= 4 is 11.9 Å². The molecule has 5 heteroatoms. The van der Waals surface area contributed by atoms with E-state index in [-0.39, 0.29) is 11.5 Å². The minimum atomic E-state index is -0.211. The molecule has 0 saturated carbocycles. The van der Waals surface area contributed by atoms with Gasteiger partial charge >= 0.3 is 0 Å². The van der Waals surface area contributed by atoms with Crippen molar-refractivity contribution in [2.75, 3.05) is 20.8 Å². The average molecular weight is 328 g/mol. The molecule has 24 heavy (non-hydrogen) atoms. The Morgan fingerprint density at radius 2 is 1.83 bits per heavy atom. The number of ketones is 1. The van der Waals surface area contributed by atoms with E-state index in [1.807, 2.05) is 6.92 Å².